The maximum absolute atomic E-state index is 10.2. The summed E-state index contributed by atoms with van der Waals surface area (Å²) < 4.78 is 0. The first kappa shape index (κ1) is 12.9. The number of hydrogen-bond donors (Lipinski definition) is 2. The predicted molar refractivity (Wildman–Crippen MR) is 73.6 cm³/mol. The van der Waals surface area contributed by atoms with E-state index < -0.39 is 0 Å². The lowest BCUT2D eigenvalue weighted by Gasteiger charge is -2.42. The van der Waals surface area contributed by atoms with Crippen molar-refractivity contribution in [2.24, 2.45) is 0 Å². The first-order valence-corrected chi connectivity index (χ1v) is 7.97. The van der Waals surface area contributed by atoms with Gasteiger partial charge in [-0.05, 0) is 57.9 Å². The molecule has 0 aromatic rings. The minimum atomic E-state index is -0.0657. The number of piperidine rings is 1. The van der Waals surface area contributed by atoms with E-state index in [1.807, 2.05) is 0 Å². The van der Waals surface area contributed by atoms with Crippen LogP contribution in [0.4, 0.5) is 0 Å². The van der Waals surface area contributed by atoms with Crippen molar-refractivity contribution < 1.29 is 5.11 Å². The van der Waals surface area contributed by atoms with Gasteiger partial charge in [0, 0.05) is 24.2 Å². The van der Waals surface area contributed by atoms with Crippen molar-refractivity contribution >= 4 is 0 Å². The summed E-state index contributed by atoms with van der Waals surface area (Å²) in [6, 6.07) is 2.69. The molecule has 0 spiro atoms. The zero-order valence-electron chi connectivity index (χ0n) is 11.6. The third kappa shape index (κ3) is 2.45. The van der Waals surface area contributed by atoms with Gasteiger partial charge in [-0.2, -0.15) is 0 Å². The molecule has 3 aliphatic rings. The number of nitrogens with one attached hydrogen (secondary N) is 1. The number of aliphatic hydroxyl groups is 1. The molecule has 0 aromatic carbocycles. The third-order valence-corrected chi connectivity index (χ3v) is 5.27. The Hall–Kier alpha value is -0.120. The van der Waals surface area contributed by atoms with E-state index in [2.05, 4.69) is 17.1 Å². The molecule has 4 atom stereocenters. The van der Waals surface area contributed by atoms with Crippen LogP contribution in [0, 0.1) is 0 Å². The van der Waals surface area contributed by atoms with Crippen molar-refractivity contribution in [1.29, 1.82) is 0 Å². The number of hydrogen-bond acceptors (Lipinski definition) is 3. The predicted octanol–water partition coefficient (Wildman–Crippen LogP) is 1.89. The Balaban J connectivity index is 1.69. The molecule has 1 aliphatic carbocycles. The highest BCUT2D eigenvalue weighted by molar-refractivity contribution is 4.98. The van der Waals surface area contributed by atoms with Gasteiger partial charge in [0.15, 0.2) is 0 Å². The summed E-state index contributed by atoms with van der Waals surface area (Å²) in [5.74, 6) is 0. The molecule has 2 bridgehead atoms. The SMILES string of the molecule is CCCN(C1CC2CCC(C1)N2)C1CCCC1O. The minimum absolute atomic E-state index is 0.0657. The zero-order chi connectivity index (χ0) is 12.5. The molecule has 4 unspecified atom stereocenters. The van der Waals surface area contributed by atoms with Crippen LogP contribution in [0.5, 0.6) is 0 Å². The smallest absolute Gasteiger partial charge is 0.0695 e. The molecular weight excluding hydrogens is 224 g/mol. The lowest BCUT2D eigenvalue weighted by Crippen LogP contribution is -2.53. The highest BCUT2D eigenvalue weighted by atomic mass is 16.3. The van der Waals surface area contributed by atoms with E-state index >= 15 is 0 Å². The van der Waals surface area contributed by atoms with E-state index in [1.165, 1.54) is 51.5 Å². The van der Waals surface area contributed by atoms with E-state index in [1.54, 1.807) is 0 Å². The molecule has 3 fully saturated rings. The average Bonchev–Trinajstić information content (AvgIpc) is 2.93. The number of fused-ring (bicyclic) bond motifs is 2. The molecule has 2 saturated heterocycles. The van der Waals surface area contributed by atoms with E-state index in [-0.39, 0.29) is 6.10 Å². The van der Waals surface area contributed by atoms with Crippen LogP contribution in [-0.4, -0.2) is 46.8 Å². The first-order chi connectivity index (χ1) is 8.78. The van der Waals surface area contributed by atoms with Crippen molar-refractivity contribution in [1.82, 2.24) is 10.2 Å². The largest absolute Gasteiger partial charge is 0.391 e. The number of rotatable bonds is 4. The fourth-order valence-corrected chi connectivity index (χ4v) is 4.48. The summed E-state index contributed by atoms with van der Waals surface area (Å²) in [5.41, 5.74) is 0. The molecule has 2 heterocycles. The van der Waals surface area contributed by atoms with Crippen LogP contribution in [-0.2, 0) is 0 Å². The molecule has 1 saturated carbocycles. The standard InChI is InChI=1S/C15H28N2O/c1-2-8-17(14-4-3-5-15(14)18)13-9-11-6-7-12(10-13)16-11/h11-16,18H,2-10H2,1H3. The molecular formula is C15H28N2O. The molecule has 2 N–H and O–H groups in total. The maximum atomic E-state index is 10.2. The lowest BCUT2D eigenvalue weighted by atomic mass is 9.95. The van der Waals surface area contributed by atoms with Crippen molar-refractivity contribution in [2.75, 3.05) is 6.54 Å². The van der Waals surface area contributed by atoms with Gasteiger partial charge in [0.1, 0.15) is 0 Å². The van der Waals surface area contributed by atoms with Crippen LogP contribution in [0.15, 0.2) is 0 Å². The van der Waals surface area contributed by atoms with Gasteiger partial charge in [-0.3, -0.25) is 4.90 Å². The van der Waals surface area contributed by atoms with Gasteiger partial charge >= 0.3 is 0 Å². The zero-order valence-corrected chi connectivity index (χ0v) is 11.6. The van der Waals surface area contributed by atoms with Crippen molar-refractivity contribution in [3.8, 4) is 0 Å². The molecule has 0 aromatic heterocycles. The lowest BCUT2D eigenvalue weighted by molar-refractivity contribution is 0.0267. The second kappa shape index (κ2) is 5.48. The van der Waals surface area contributed by atoms with Crippen LogP contribution < -0.4 is 5.32 Å². The molecule has 2 aliphatic heterocycles. The fraction of sp³-hybridized carbons (Fsp3) is 1.00. The summed E-state index contributed by atoms with van der Waals surface area (Å²) in [7, 11) is 0. The van der Waals surface area contributed by atoms with Gasteiger partial charge in [0.05, 0.1) is 6.10 Å². The second-order valence-corrected chi connectivity index (χ2v) is 6.57. The van der Waals surface area contributed by atoms with Gasteiger partial charge in [-0.15, -0.1) is 0 Å². The summed E-state index contributed by atoms with van der Waals surface area (Å²) in [6.45, 7) is 3.44. The van der Waals surface area contributed by atoms with Gasteiger partial charge in [-0.25, -0.2) is 0 Å². The Morgan fingerprint density at radius 3 is 2.39 bits per heavy atom. The van der Waals surface area contributed by atoms with Crippen LogP contribution in [0.1, 0.15) is 58.3 Å². The summed E-state index contributed by atoms with van der Waals surface area (Å²) in [6.07, 6.45) is 9.93. The quantitative estimate of drug-likeness (QED) is 0.802. The molecule has 3 rings (SSSR count). The highest BCUT2D eigenvalue weighted by Crippen LogP contribution is 2.34. The maximum Gasteiger partial charge on any atom is 0.0695 e. The van der Waals surface area contributed by atoms with E-state index in [0.29, 0.717) is 6.04 Å². The Morgan fingerprint density at radius 1 is 1.11 bits per heavy atom. The van der Waals surface area contributed by atoms with Crippen molar-refractivity contribution in [3.63, 3.8) is 0 Å². The molecule has 0 amide bonds. The average molecular weight is 252 g/mol. The van der Waals surface area contributed by atoms with E-state index in [4.69, 9.17) is 0 Å². The van der Waals surface area contributed by atoms with Crippen molar-refractivity contribution in [3.05, 3.63) is 0 Å². The fourth-order valence-electron chi connectivity index (χ4n) is 4.48. The van der Waals surface area contributed by atoms with Crippen molar-refractivity contribution in [2.45, 2.75) is 88.6 Å². The minimum Gasteiger partial charge on any atom is -0.391 e. The van der Waals surface area contributed by atoms with Gasteiger partial charge in [0.2, 0.25) is 0 Å². The highest BCUT2D eigenvalue weighted by Gasteiger charge is 2.40. The second-order valence-electron chi connectivity index (χ2n) is 6.57. The number of nitrogens with zero attached hydrogens (tertiary/aromatic N) is 1. The Morgan fingerprint density at radius 2 is 1.83 bits per heavy atom. The summed E-state index contributed by atoms with van der Waals surface area (Å²) >= 11 is 0. The monoisotopic (exact) mass is 252 g/mol. The molecule has 104 valence electrons. The van der Waals surface area contributed by atoms with Crippen LogP contribution in [0.2, 0.25) is 0 Å². The van der Waals surface area contributed by atoms with Gasteiger partial charge < -0.3 is 10.4 Å². The summed E-state index contributed by atoms with van der Waals surface area (Å²) in [4.78, 5) is 2.67. The topological polar surface area (TPSA) is 35.5 Å². The molecule has 3 nitrogen and oxygen atoms in total. The molecule has 3 heteroatoms. The Labute approximate surface area is 111 Å². The Kier molecular flexibility index (Phi) is 3.92. The summed E-state index contributed by atoms with van der Waals surface area (Å²) in [5, 5.41) is 13.9. The van der Waals surface area contributed by atoms with Crippen LogP contribution >= 0.6 is 0 Å². The normalized spacial score (nSPS) is 43.8. The van der Waals surface area contributed by atoms with Crippen LogP contribution in [0.25, 0.3) is 0 Å². The number of aliphatic hydroxyl groups excluding tert-OH is 1. The molecule has 0 radical (unpaired) electrons. The van der Waals surface area contributed by atoms with Crippen LogP contribution in [0.3, 0.4) is 0 Å². The third-order valence-electron chi connectivity index (χ3n) is 5.27. The molecule has 18 heavy (non-hydrogen) atoms. The first-order valence-electron chi connectivity index (χ1n) is 7.97. The van der Waals surface area contributed by atoms with Gasteiger partial charge in [-0.1, -0.05) is 6.92 Å². The van der Waals surface area contributed by atoms with E-state index in [9.17, 15) is 5.11 Å². The van der Waals surface area contributed by atoms with E-state index in [0.717, 1.165) is 24.5 Å². The Bertz CT molecular complexity index is 272. The van der Waals surface area contributed by atoms with Gasteiger partial charge in [0.25, 0.3) is 0 Å².